The van der Waals surface area contributed by atoms with Crippen LogP contribution in [0.25, 0.3) is 0 Å². The Bertz CT molecular complexity index is 566. The molecule has 1 N–H and O–H groups in total. The second-order valence-corrected chi connectivity index (χ2v) is 9.74. The fourth-order valence-electron chi connectivity index (χ4n) is 3.83. The highest BCUT2D eigenvalue weighted by atomic mass is 127. The molecule has 3 atom stereocenters. The molecule has 0 saturated heterocycles. The van der Waals surface area contributed by atoms with Crippen molar-refractivity contribution in [3.8, 4) is 5.88 Å². The van der Waals surface area contributed by atoms with Gasteiger partial charge in [-0.15, -0.1) is 5.10 Å². The standard InChI is InChI=1S/C21H38IN2O3P/c1-4-6-7-10-18(9-5-2)24-20(17-11-12-17)19(16(3)15-25)21(23-24)26-13-8-14-27-28-22/h16-18,25,28H,4-15H2,1-3H3. The highest BCUT2D eigenvalue weighted by Crippen LogP contribution is 2.47. The predicted octanol–water partition coefficient (Wildman–Crippen LogP) is 6.51. The van der Waals surface area contributed by atoms with Crippen LogP contribution in [0.5, 0.6) is 5.88 Å². The molecule has 3 unspecified atom stereocenters. The van der Waals surface area contributed by atoms with Gasteiger partial charge in [0.1, 0.15) is 0 Å². The van der Waals surface area contributed by atoms with E-state index in [0.717, 1.165) is 37.3 Å². The van der Waals surface area contributed by atoms with Gasteiger partial charge in [-0.3, -0.25) is 4.68 Å². The lowest BCUT2D eigenvalue weighted by molar-refractivity contribution is 0.244. The Balaban J connectivity index is 2.26. The van der Waals surface area contributed by atoms with Crippen LogP contribution < -0.4 is 4.74 Å². The summed E-state index contributed by atoms with van der Waals surface area (Å²) in [5, 5.41) is 14.9. The minimum Gasteiger partial charge on any atom is -0.476 e. The molecule has 0 spiro atoms. The lowest BCUT2D eigenvalue weighted by Crippen LogP contribution is -2.15. The Morgan fingerprint density at radius 2 is 1.96 bits per heavy atom. The molecule has 1 fully saturated rings. The van der Waals surface area contributed by atoms with Crippen LogP contribution in [0.4, 0.5) is 0 Å². The Kier molecular flexibility index (Phi) is 11.7. The monoisotopic (exact) mass is 524 g/mol. The van der Waals surface area contributed by atoms with E-state index >= 15 is 0 Å². The summed E-state index contributed by atoms with van der Waals surface area (Å²) in [6.45, 7) is 8.57. The van der Waals surface area contributed by atoms with Gasteiger partial charge in [0.2, 0.25) is 5.88 Å². The molecule has 5 nitrogen and oxygen atoms in total. The fourth-order valence-corrected chi connectivity index (χ4v) is 4.71. The van der Waals surface area contributed by atoms with E-state index < -0.39 is 0 Å². The number of hydrogen-bond acceptors (Lipinski definition) is 4. The second-order valence-electron chi connectivity index (χ2n) is 7.97. The van der Waals surface area contributed by atoms with Crippen molar-refractivity contribution in [2.45, 2.75) is 96.4 Å². The van der Waals surface area contributed by atoms with Crippen LogP contribution in [0.1, 0.15) is 108 Å². The van der Waals surface area contributed by atoms with E-state index in [4.69, 9.17) is 14.4 Å². The molecule has 7 heteroatoms. The van der Waals surface area contributed by atoms with Crippen molar-refractivity contribution in [2.75, 3.05) is 19.8 Å². The summed E-state index contributed by atoms with van der Waals surface area (Å²) in [5.74, 6) is 1.39. The lowest BCUT2D eigenvalue weighted by atomic mass is 9.98. The molecule has 0 amide bonds. The maximum Gasteiger partial charge on any atom is 0.236 e. The number of unbranched alkanes of at least 4 members (excludes halogenated alkanes) is 2. The number of halogens is 1. The number of nitrogens with zero attached hydrogens (tertiary/aromatic N) is 2. The van der Waals surface area contributed by atoms with Crippen molar-refractivity contribution in [3.63, 3.8) is 0 Å². The van der Waals surface area contributed by atoms with Crippen molar-refractivity contribution in [3.05, 3.63) is 11.3 Å². The first-order valence-electron chi connectivity index (χ1n) is 11.0. The lowest BCUT2D eigenvalue weighted by Gasteiger charge is -2.20. The highest BCUT2D eigenvalue weighted by Gasteiger charge is 2.36. The zero-order valence-corrected chi connectivity index (χ0v) is 20.9. The SMILES string of the molecule is CCCCCC(CCC)n1nc(OCCCOPI)c(C(C)CO)c1C1CC1. The number of aliphatic hydroxyl groups is 1. The van der Waals surface area contributed by atoms with Crippen molar-refractivity contribution >= 4 is 28.5 Å². The van der Waals surface area contributed by atoms with Gasteiger partial charge in [0.15, 0.2) is 0 Å². The summed E-state index contributed by atoms with van der Waals surface area (Å²) in [6.07, 6.45) is 10.6. The van der Waals surface area contributed by atoms with E-state index in [-0.39, 0.29) is 12.5 Å². The first-order chi connectivity index (χ1) is 13.7. The molecular weight excluding hydrogens is 486 g/mol. The van der Waals surface area contributed by atoms with E-state index in [1.165, 1.54) is 44.2 Å². The molecule has 1 aromatic rings. The Labute approximate surface area is 185 Å². The van der Waals surface area contributed by atoms with E-state index in [1.807, 2.05) is 0 Å². The molecule has 1 heterocycles. The van der Waals surface area contributed by atoms with Crippen LogP contribution in [0.3, 0.4) is 0 Å². The molecule has 1 aliphatic carbocycles. The molecule has 0 radical (unpaired) electrons. The van der Waals surface area contributed by atoms with Gasteiger partial charge >= 0.3 is 0 Å². The molecule has 0 aromatic carbocycles. The molecule has 28 heavy (non-hydrogen) atoms. The molecule has 1 saturated carbocycles. The average Bonchev–Trinajstić information content (AvgIpc) is 3.47. The van der Waals surface area contributed by atoms with Crippen LogP contribution in [-0.4, -0.2) is 34.7 Å². The normalized spacial score (nSPS) is 16.8. The Morgan fingerprint density at radius 3 is 2.57 bits per heavy atom. The number of aliphatic hydroxyl groups excluding tert-OH is 1. The number of aromatic nitrogens is 2. The topological polar surface area (TPSA) is 56.5 Å². The molecule has 1 aromatic heterocycles. The molecule has 162 valence electrons. The van der Waals surface area contributed by atoms with Crippen molar-refractivity contribution in [2.24, 2.45) is 0 Å². The summed E-state index contributed by atoms with van der Waals surface area (Å²) < 4.78 is 13.9. The van der Waals surface area contributed by atoms with Crippen LogP contribution in [0.2, 0.25) is 0 Å². The van der Waals surface area contributed by atoms with Gasteiger partial charge in [0.25, 0.3) is 0 Å². The third-order valence-electron chi connectivity index (χ3n) is 5.48. The minimum absolute atomic E-state index is 0.0596. The van der Waals surface area contributed by atoms with Gasteiger partial charge < -0.3 is 14.4 Å². The molecular formula is C21H38IN2O3P. The number of ether oxygens (including phenoxy) is 1. The summed E-state index contributed by atoms with van der Waals surface area (Å²) >= 11 is 2.24. The molecule has 1 aliphatic rings. The highest BCUT2D eigenvalue weighted by molar-refractivity contribution is 14.2. The van der Waals surface area contributed by atoms with Crippen molar-refractivity contribution < 1.29 is 14.4 Å². The largest absolute Gasteiger partial charge is 0.476 e. The first kappa shape index (κ1) is 24.4. The van der Waals surface area contributed by atoms with Crippen molar-refractivity contribution in [1.29, 1.82) is 0 Å². The minimum atomic E-state index is 0.0596. The van der Waals surface area contributed by atoms with Crippen LogP contribution in [0, 0.1) is 0 Å². The van der Waals surface area contributed by atoms with Crippen LogP contribution in [-0.2, 0) is 4.52 Å². The van der Waals surface area contributed by atoms with Gasteiger partial charge in [-0.05, 0) is 47.7 Å². The first-order valence-corrected chi connectivity index (χ1v) is 15.0. The van der Waals surface area contributed by atoms with E-state index in [2.05, 4.69) is 47.5 Å². The third-order valence-corrected chi connectivity index (χ3v) is 6.72. The molecule has 0 aliphatic heterocycles. The van der Waals surface area contributed by atoms with Crippen LogP contribution in [0.15, 0.2) is 0 Å². The molecule has 2 rings (SSSR count). The zero-order valence-electron chi connectivity index (χ0n) is 17.8. The maximum atomic E-state index is 9.89. The summed E-state index contributed by atoms with van der Waals surface area (Å²) in [4.78, 5) is 0. The van der Waals surface area contributed by atoms with Gasteiger partial charge in [-0.1, -0.05) is 46.5 Å². The van der Waals surface area contributed by atoms with Gasteiger partial charge in [-0.2, -0.15) is 0 Å². The fraction of sp³-hybridized carbons (Fsp3) is 0.857. The Hall–Kier alpha value is 0.0900. The second kappa shape index (κ2) is 13.4. The van der Waals surface area contributed by atoms with Crippen LogP contribution >= 0.6 is 28.5 Å². The van der Waals surface area contributed by atoms with E-state index in [0.29, 0.717) is 25.0 Å². The van der Waals surface area contributed by atoms with E-state index in [9.17, 15) is 5.11 Å². The predicted molar refractivity (Wildman–Crippen MR) is 126 cm³/mol. The molecule has 0 bridgehead atoms. The van der Waals surface area contributed by atoms with Gasteiger partial charge in [0, 0.05) is 36.1 Å². The quantitative estimate of drug-likeness (QED) is 0.152. The summed E-state index contributed by atoms with van der Waals surface area (Å²) in [6, 6.07) is 0.442. The number of hydrogen-bond donors (Lipinski definition) is 1. The summed E-state index contributed by atoms with van der Waals surface area (Å²) in [7, 11) is 0. The van der Waals surface area contributed by atoms with Crippen molar-refractivity contribution in [1.82, 2.24) is 9.78 Å². The smallest absolute Gasteiger partial charge is 0.236 e. The summed E-state index contributed by atoms with van der Waals surface area (Å²) in [5.41, 5.74) is 2.50. The Morgan fingerprint density at radius 1 is 1.18 bits per heavy atom. The van der Waals surface area contributed by atoms with E-state index in [1.54, 1.807) is 0 Å². The zero-order chi connectivity index (χ0) is 20.4. The number of rotatable bonds is 16. The average molecular weight is 524 g/mol. The third kappa shape index (κ3) is 7.10. The van der Waals surface area contributed by atoms with Gasteiger partial charge in [0.05, 0.1) is 25.7 Å². The maximum absolute atomic E-state index is 9.89. The van der Waals surface area contributed by atoms with Gasteiger partial charge in [-0.25, -0.2) is 0 Å².